The van der Waals surface area contributed by atoms with Gasteiger partial charge in [0.05, 0.1) is 20.3 Å². The fourth-order valence-electron chi connectivity index (χ4n) is 3.29. The van der Waals surface area contributed by atoms with Crippen molar-refractivity contribution < 1.29 is 14.2 Å². The van der Waals surface area contributed by atoms with E-state index in [1.807, 2.05) is 24.3 Å². The van der Waals surface area contributed by atoms with Gasteiger partial charge in [-0.05, 0) is 54.0 Å². The molecule has 2 aliphatic rings. The van der Waals surface area contributed by atoms with Crippen LogP contribution in [0.5, 0.6) is 17.2 Å². The molecular weight excluding hydrogens is 348 g/mol. The predicted octanol–water partition coefficient (Wildman–Crippen LogP) is 3.61. The second-order valence-corrected chi connectivity index (χ2v) is 6.84. The smallest absolute Gasteiger partial charge is 0.173 e. The van der Waals surface area contributed by atoms with Gasteiger partial charge in [0.25, 0.3) is 0 Å². The van der Waals surface area contributed by atoms with Crippen LogP contribution in [0.1, 0.15) is 17.5 Å². The molecule has 0 aromatic heterocycles. The van der Waals surface area contributed by atoms with Gasteiger partial charge in [-0.1, -0.05) is 6.07 Å². The second-order valence-electron chi connectivity index (χ2n) is 6.45. The first-order valence-electron chi connectivity index (χ1n) is 8.84. The van der Waals surface area contributed by atoms with E-state index in [1.165, 1.54) is 11.1 Å². The van der Waals surface area contributed by atoms with Crippen LogP contribution in [0.25, 0.3) is 0 Å². The molecule has 2 aromatic carbocycles. The number of anilines is 1. The summed E-state index contributed by atoms with van der Waals surface area (Å²) in [5.74, 6) is 2.52. The van der Waals surface area contributed by atoms with Crippen LogP contribution >= 0.6 is 12.2 Å². The van der Waals surface area contributed by atoms with Crippen LogP contribution in [-0.2, 0) is 13.0 Å². The van der Waals surface area contributed by atoms with Gasteiger partial charge in [-0.25, -0.2) is 0 Å². The lowest BCUT2D eigenvalue weighted by molar-refractivity contribution is 0.297. The molecule has 0 spiro atoms. The van der Waals surface area contributed by atoms with E-state index in [-0.39, 0.29) is 0 Å². The molecule has 26 heavy (non-hydrogen) atoms. The first-order chi connectivity index (χ1) is 12.7. The van der Waals surface area contributed by atoms with E-state index < -0.39 is 0 Å². The molecule has 0 saturated carbocycles. The SMILES string of the molecule is COc1cccc(NC(=S)N2CCc3cc4c(cc3C2)OCCCO4)c1. The van der Waals surface area contributed by atoms with Gasteiger partial charge in [0.15, 0.2) is 16.6 Å². The molecule has 1 N–H and O–H groups in total. The first kappa shape index (κ1) is 17.0. The maximum atomic E-state index is 5.83. The van der Waals surface area contributed by atoms with Gasteiger partial charge in [0, 0.05) is 31.3 Å². The van der Waals surface area contributed by atoms with Crippen molar-refractivity contribution in [3.63, 3.8) is 0 Å². The van der Waals surface area contributed by atoms with Gasteiger partial charge < -0.3 is 24.4 Å². The zero-order valence-corrected chi connectivity index (χ0v) is 15.6. The number of methoxy groups -OCH3 is 1. The number of thiocarbonyl (C=S) groups is 1. The Balaban J connectivity index is 1.49. The summed E-state index contributed by atoms with van der Waals surface area (Å²) >= 11 is 5.63. The zero-order chi connectivity index (χ0) is 17.9. The Labute approximate surface area is 158 Å². The minimum absolute atomic E-state index is 0.700. The minimum Gasteiger partial charge on any atom is -0.497 e. The summed E-state index contributed by atoms with van der Waals surface area (Å²) in [7, 11) is 1.66. The summed E-state index contributed by atoms with van der Waals surface area (Å²) in [6, 6.07) is 12.0. The number of rotatable bonds is 2. The highest BCUT2D eigenvalue weighted by Gasteiger charge is 2.22. The molecule has 136 valence electrons. The van der Waals surface area contributed by atoms with Crippen molar-refractivity contribution in [2.75, 3.05) is 32.2 Å². The summed E-state index contributed by atoms with van der Waals surface area (Å²) in [5, 5.41) is 4.03. The molecule has 0 atom stereocenters. The Kier molecular flexibility index (Phi) is 4.84. The van der Waals surface area contributed by atoms with Crippen LogP contribution in [0, 0.1) is 0 Å². The van der Waals surface area contributed by atoms with E-state index >= 15 is 0 Å². The molecule has 0 saturated heterocycles. The fraction of sp³-hybridized carbons (Fsp3) is 0.350. The van der Waals surface area contributed by atoms with Crippen LogP contribution in [0.4, 0.5) is 5.69 Å². The average molecular weight is 370 g/mol. The number of benzene rings is 2. The molecule has 2 aromatic rings. The normalized spacial score (nSPS) is 15.7. The number of hydrogen-bond acceptors (Lipinski definition) is 4. The molecule has 0 unspecified atom stereocenters. The lowest BCUT2D eigenvalue weighted by Crippen LogP contribution is -2.38. The van der Waals surface area contributed by atoms with Crippen LogP contribution < -0.4 is 19.5 Å². The highest BCUT2D eigenvalue weighted by atomic mass is 32.1. The Morgan fingerprint density at radius 1 is 1.12 bits per heavy atom. The number of ether oxygens (including phenoxy) is 3. The Bertz CT molecular complexity index is 825. The highest BCUT2D eigenvalue weighted by Crippen LogP contribution is 2.35. The summed E-state index contributed by atoms with van der Waals surface area (Å²) in [4.78, 5) is 2.18. The van der Waals surface area contributed by atoms with Gasteiger partial charge in [-0.2, -0.15) is 0 Å². The van der Waals surface area contributed by atoms with Gasteiger partial charge >= 0.3 is 0 Å². The maximum absolute atomic E-state index is 5.83. The topological polar surface area (TPSA) is 43.0 Å². The summed E-state index contributed by atoms with van der Waals surface area (Å²) in [6.45, 7) is 3.06. The number of fused-ring (bicyclic) bond motifs is 2. The van der Waals surface area contributed by atoms with Gasteiger partial charge in [-0.15, -0.1) is 0 Å². The molecule has 5 nitrogen and oxygen atoms in total. The average Bonchev–Trinajstić information content (AvgIpc) is 2.90. The number of hydrogen-bond donors (Lipinski definition) is 1. The summed E-state index contributed by atoms with van der Waals surface area (Å²) in [6.07, 6.45) is 1.85. The quantitative estimate of drug-likeness (QED) is 0.815. The van der Waals surface area contributed by atoms with Crippen LogP contribution in [0.2, 0.25) is 0 Å². The van der Waals surface area contributed by atoms with E-state index in [0.717, 1.165) is 54.0 Å². The zero-order valence-electron chi connectivity index (χ0n) is 14.8. The van der Waals surface area contributed by atoms with Gasteiger partial charge in [0.2, 0.25) is 0 Å². The Hall–Kier alpha value is -2.47. The van der Waals surface area contributed by atoms with Crippen LogP contribution in [0.3, 0.4) is 0 Å². The van der Waals surface area contributed by atoms with E-state index in [1.54, 1.807) is 7.11 Å². The molecule has 4 rings (SSSR count). The molecule has 0 amide bonds. The third kappa shape index (κ3) is 3.55. The van der Waals surface area contributed by atoms with E-state index in [9.17, 15) is 0 Å². The van der Waals surface area contributed by atoms with Crippen molar-refractivity contribution in [2.24, 2.45) is 0 Å². The number of nitrogens with zero attached hydrogens (tertiary/aromatic N) is 1. The Morgan fingerprint density at radius 3 is 2.65 bits per heavy atom. The molecule has 0 bridgehead atoms. The van der Waals surface area contributed by atoms with Gasteiger partial charge in [-0.3, -0.25) is 0 Å². The molecule has 0 aliphatic carbocycles. The Morgan fingerprint density at radius 2 is 1.88 bits per heavy atom. The summed E-state index contributed by atoms with van der Waals surface area (Å²) < 4.78 is 16.9. The fourth-order valence-corrected chi connectivity index (χ4v) is 3.56. The largest absolute Gasteiger partial charge is 0.497 e. The lowest BCUT2D eigenvalue weighted by Gasteiger charge is -2.31. The molecular formula is C20H22N2O3S. The van der Waals surface area contributed by atoms with Crippen molar-refractivity contribution >= 4 is 23.0 Å². The monoisotopic (exact) mass is 370 g/mol. The van der Waals surface area contributed by atoms with Crippen molar-refractivity contribution in [1.29, 1.82) is 0 Å². The second kappa shape index (κ2) is 7.41. The van der Waals surface area contributed by atoms with Crippen molar-refractivity contribution in [2.45, 2.75) is 19.4 Å². The van der Waals surface area contributed by atoms with Gasteiger partial charge in [0.1, 0.15) is 5.75 Å². The molecule has 6 heteroatoms. The standard InChI is InChI=1S/C20H22N2O3S/c1-23-17-5-2-4-16(12-17)21-20(26)22-7-6-14-10-18-19(11-15(14)13-22)25-9-3-8-24-18/h2,4-5,10-12H,3,6-9,13H2,1H3,(H,21,26). The van der Waals surface area contributed by atoms with E-state index in [2.05, 4.69) is 22.3 Å². The molecule has 2 aliphatic heterocycles. The third-order valence-electron chi connectivity index (χ3n) is 4.69. The molecule has 2 heterocycles. The van der Waals surface area contributed by atoms with E-state index in [0.29, 0.717) is 13.2 Å². The lowest BCUT2D eigenvalue weighted by atomic mass is 9.99. The predicted molar refractivity (Wildman–Crippen MR) is 105 cm³/mol. The maximum Gasteiger partial charge on any atom is 0.173 e. The summed E-state index contributed by atoms with van der Waals surface area (Å²) in [5.41, 5.74) is 3.49. The number of nitrogens with one attached hydrogen (secondary N) is 1. The van der Waals surface area contributed by atoms with Crippen LogP contribution in [0.15, 0.2) is 36.4 Å². The third-order valence-corrected chi connectivity index (χ3v) is 5.05. The van der Waals surface area contributed by atoms with Crippen LogP contribution in [-0.4, -0.2) is 36.9 Å². The minimum atomic E-state index is 0.700. The highest BCUT2D eigenvalue weighted by molar-refractivity contribution is 7.80. The molecule has 0 radical (unpaired) electrons. The first-order valence-corrected chi connectivity index (χ1v) is 9.25. The molecule has 0 fully saturated rings. The van der Waals surface area contributed by atoms with Crippen molar-refractivity contribution in [3.8, 4) is 17.2 Å². The van der Waals surface area contributed by atoms with Crippen molar-refractivity contribution in [1.82, 2.24) is 4.90 Å². The van der Waals surface area contributed by atoms with E-state index in [4.69, 9.17) is 26.4 Å². The van der Waals surface area contributed by atoms with Crippen molar-refractivity contribution in [3.05, 3.63) is 47.5 Å².